The van der Waals surface area contributed by atoms with E-state index in [4.69, 9.17) is 4.74 Å². The summed E-state index contributed by atoms with van der Waals surface area (Å²) in [4.78, 5) is 35.2. The smallest absolute Gasteiger partial charge is 0.308 e. The molecule has 2 aromatic carbocycles. The van der Waals surface area contributed by atoms with Crippen LogP contribution in [0.2, 0.25) is 0 Å². The number of amides is 2. The van der Waals surface area contributed by atoms with Crippen LogP contribution >= 0.6 is 0 Å². The maximum atomic E-state index is 12.8. The van der Waals surface area contributed by atoms with Gasteiger partial charge in [0, 0.05) is 13.5 Å². The Morgan fingerprint density at radius 1 is 1.04 bits per heavy atom. The Kier molecular flexibility index (Phi) is 7.49. The molecule has 0 saturated heterocycles. The van der Waals surface area contributed by atoms with E-state index >= 15 is 0 Å². The molecule has 0 aliphatic carbocycles. The number of benzene rings is 2. The number of hydrogen-bond donors (Lipinski definition) is 2. The molecule has 7 heteroatoms. The summed E-state index contributed by atoms with van der Waals surface area (Å²) >= 11 is 0. The molecule has 0 saturated carbocycles. The first-order chi connectivity index (χ1) is 12.9. The van der Waals surface area contributed by atoms with Gasteiger partial charge in [0.1, 0.15) is 5.82 Å². The number of ether oxygens (including phenoxy) is 1. The number of carbonyl (C=O) groups is 3. The standard InChI is InChI=1S/C20H21FN2O4/c1-14(24)23-18(16-5-3-2-4-6-16)11-20(26)27-13-19(25)22-12-15-7-9-17(21)10-8-15/h2-10,18H,11-13H2,1H3,(H,22,25)(H,23,24)/t18-/m1/s1. The largest absolute Gasteiger partial charge is 0.456 e. The molecule has 2 rings (SSSR count). The molecule has 142 valence electrons. The second-order valence-corrected chi connectivity index (χ2v) is 5.93. The fourth-order valence-electron chi connectivity index (χ4n) is 2.41. The Morgan fingerprint density at radius 3 is 2.33 bits per heavy atom. The van der Waals surface area contributed by atoms with Crippen LogP contribution in [-0.2, 0) is 25.7 Å². The minimum Gasteiger partial charge on any atom is -0.456 e. The van der Waals surface area contributed by atoms with Crippen LogP contribution in [0.4, 0.5) is 4.39 Å². The third-order valence-electron chi connectivity index (χ3n) is 3.72. The second kappa shape index (κ2) is 10.1. The molecule has 0 radical (unpaired) electrons. The molecule has 0 bridgehead atoms. The minimum absolute atomic E-state index is 0.0885. The van der Waals surface area contributed by atoms with Crippen molar-refractivity contribution in [2.24, 2.45) is 0 Å². The van der Waals surface area contributed by atoms with Crippen molar-refractivity contribution in [1.29, 1.82) is 0 Å². The van der Waals surface area contributed by atoms with Crippen LogP contribution < -0.4 is 10.6 Å². The summed E-state index contributed by atoms with van der Waals surface area (Å²) in [6.07, 6.45) is -0.0885. The third kappa shape index (κ3) is 7.27. The third-order valence-corrected chi connectivity index (χ3v) is 3.72. The Bertz CT molecular complexity index is 778. The lowest BCUT2D eigenvalue weighted by Gasteiger charge is -2.17. The lowest BCUT2D eigenvalue weighted by molar-refractivity contribution is -0.149. The van der Waals surface area contributed by atoms with Crippen molar-refractivity contribution in [3.63, 3.8) is 0 Å². The molecule has 0 aliphatic heterocycles. The van der Waals surface area contributed by atoms with Gasteiger partial charge in [-0.25, -0.2) is 4.39 Å². The molecule has 0 fully saturated rings. The summed E-state index contributed by atoms with van der Waals surface area (Å²) in [6.45, 7) is 1.14. The van der Waals surface area contributed by atoms with Gasteiger partial charge in [0.05, 0.1) is 12.5 Å². The van der Waals surface area contributed by atoms with E-state index in [0.717, 1.165) is 11.1 Å². The maximum absolute atomic E-state index is 12.8. The molecule has 2 amide bonds. The van der Waals surface area contributed by atoms with Crippen molar-refractivity contribution in [2.75, 3.05) is 6.61 Å². The average molecular weight is 372 g/mol. The highest BCUT2D eigenvalue weighted by Crippen LogP contribution is 2.17. The number of halogens is 1. The number of hydrogen-bond acceptors (Lipinski definition) is 4. The zero-order valence-corrected chi connectivity index (χ0v) is 14.9. The van der Waals surface area contributed by atoms with Crippen LogP contribution in [0.5, 0.6) is 0 Å². The summed E-state index contributed by atoms with van der Waals surface area (Å²) in [5, 5.41) is 5.28. The SMILES string of the molecule is CC(=O)N[C@H](CC(=O)OCC(=O)NCc1ccc(F)cc1)c1ccccc1. The van der Waals surface area contributed by atoms with E-state index < -0.39 is 24.5 Å². The summed E-state index contributed by atoms with van der Waals surface area (Å²) in [5.41, 5.74) is 1.50. The Morgan fingerprint density at radius 2 is 1.70 bits per heavy atom. The average Bonchev–Trinajstić information content (AvgIpc) is 2.66. The molecule has 0 aromatic heterocycles. The fraction of sp³-hybridized carbons (Fsp3) is 0.250. The highest BCUT2D eigenvalue weighted by Gasteiger charge is 2.18. The molecule has 2 N–H and O–H groups in total. The van der Waals surface area contributed by atoms with Crippen LogP contribution in [0.3, 0.4) is 0 Å². The molecular weight excluding hydrogens is 351 g/mol. The van der Waals surface area contributed by atoms with Gasteiger partial charge in [-0.2, -0.15) is 0 Å². The topological polar surface area (TPSA) is 84.5 Å². The van der Waals surface area contributed by atoms with Gasteiger partial charge in [0.2, 0.25) is 5.91 Å². The van der Waals surface area contributed by atoms with Crippen LogP contribution in [0.25, 0.3) is 0 Å². The van der Waals surface area contributed by atoms with Crippen molar-refractivity contribution in [1.82, 2.24) is 10.6 Å². The number of nitrogens with one attached hydrogen (secondary N) is 2. The predicted octanol–water partition coefficient (Wildman–Crippen LogP) is 2.25. The summed E-state index contributed by atoms with van der Waals surface area (Å²) in [5.74, 6) is -1.70. The van der Waals surface area contributed by atoms with Gasteiger partial charge in [-0.15, -0.1) is 0 Å². The number of rotatable bonds is 8. The summed E-state index contributed by atoms with van der Waals surface area (Å²) in [7, 11) is 0. The second-order valence-electron chi connectivity index (χ2n) is 5.93. The van der Waals surface area contributed by atoms with Crippen molar-refractivity contribution in [3.8, 4) is 0 Å². The molecule has 27 heavy (non-hydrogen) atoms. The summed E-state index contributed by atoms with van der Waals surface area (Å²) < 4.78 is 17.8. The predicted molar refractivity (Wildman–Crippen MR) is 96.8 cm³/mol. The quantitative estimate of drug-likeness (QED) is 0.696. The molecule has 1 atom stereocenters. The van der Waals surface area contributed by atoms with E-state index in [2.05, 4.69) is 10.6 Å². The first-order valence-corrected chi connectivity index (χ1v) is 8.43. The lowest BCUT2D eigenvalue weighted by Crippen LogP contribution is -2.31. The van der Waals surface area contributed by atoms with Gasteiger partial charge >= 0.3 is 5.97 Å². The van der Waals surface area contributed by atoms with Crippen LogP contribution in [-0.4, -0.2) is 24.4 Å². The monoisotopic (exact) mass is 372 g/mol. The molecular formula is C20H21FN2O4. The van der Waals surface area contributed by atoms with Crippen LogP contribution in [0.1, 0.15) is 30.5 Å². The molecule has 0 unspecified atom stereocenters. The van der Waals surface area contributed by atoms with Gasteiger partial charge in [0.15, 0.2) is 6.61 Å². The van der Waals surface area contributed by atoms with Gasteiger partial charge in [-0.3, -0.25) is 14.4 Å². The zero-order chi connectivity index (χ0) is 19.6. The van der Waals surface area contributed by atoms with Gasteiger partial charge in [-0.1, -0.05) is 42.5 Å². The molecule has 0 heterocycles. The minimum atomic E-state index is -0.602. The van der Waals surface area contributed by atoms with Gasteiger partial charge in [-0.05, 0) is 23.3 Å². The van der Waals surface area contributed by atoms with Crippen LogP contribution in [0.15, 0.2) is 54.6 Å². The first-order valence-electron chi connectivity index (χ1n) is 8.43. The van der Waals surface area contributed by atoms with Gasteiger partial charge < -0.3 is 15.4 Å². The molecule has 6 nitrogen and oxygen atoms in total. The number of carbonyl (C=O) groups excluding carboxylic acids is 3. The molecule has 0 spiro atoms. The summed E-state index contributed by atoms with van der Waals surface area (Å²) in [6, 6.07) is 14.2. The Hall–Kier alpha value is -3.22. The van der Waals surface area contributed by atoms with E-state index in [0.29, 0.717) is 0 Å². The highest BCUT2D eigenvalue weighted by atomic mass is 19.1. The maximum Gasteiger partial charge on any atom is 0.308 e. The molecule has 2 aromatic rings. The normalized spacial score (nSPS) is 11.3. The van der Waals surface area contributed by atoms with E-state index in [1.54, 1.807) is 36.4 Å². The van der Waals surface area contributed by atoms with E-state index in [-0.39, 0.29) is 24.7 Å². The lowest BCUT2D eigenvalue weighted by atomic mass is 10.0. The fourth-order valence-corrected chi connectivity index (χ4v) is 2.41. The van der Waals surface area contributed by atoms with Crippen molar-refractivity contribution in [2.45, 2.75) is 25.9 Å². The van der Waals surface area contributed by atoms with E-state index in [1.165, 1.54) is 19.1 Å². The van der Waals surface area contributed by atoms with Crippen LogP contribution in [0, 0.1) is 5.82 Å². The van der Waals surface area contributed by atoms with E-state index in [9.17, 15) is 18.8 Å². The first kappa shape index (κ1) is 20.1. The Labute approximate surface area is 156 Å². The highest BCUT2D eigenvalue weighted by molar-refractivity contribution is 5.81. The molecule has 0 aliphatic rings. The van der Waals surface area contributed by atoms with Crippen molar-refractivity contribution in [3.05, 3.63) is 71.5 Å². The zero-order valence-electron chi connectivity index (χ0n) is 14.9. The van der Waals surface area contributed by atoms with Gasteiger partial charge in [0.25, 0.3) is 5.91 Å². The number of esters is 1. The Balaban J connectivity index is 1.80. The van der Waals surface area contributed by atoms with Crippen molar-refractivity contribution >= 4 is 17.8 Å². The van der Waals surface area contributed by atoms with E-state index in [1.807, 2.05) is 6.07 Å². The van der Waals surface area contributed by atoms with Crippen molar-refractivity contribution < 1.29 is 23.5 Å².